The minimum atomic E-state index is 0.000904. The molecule has 5 nitrogen and oxygen atoms in total. The van der Waals surface area contributed by atoms with Gasteiger partial charge in [0.1, 0.15) is 0 Å². The maximum atomic E-state index is 12.1. The van der Waals surface area contributed by atoms with Crippen LogP contribution in [-0.2, 0) is 4.79 Å². The Labute approximate surface area is 146 Å². The first-order valence-electron chi connectivity index (χ1n) is 6.81. The minimum absolute atomic E-state index is 0.000904. The summed E-state index contributed by atoms with van der Waals surface area (Å²) in [5, 5.41) is 14.7. The van der Waals surface area contributed by atoms with Crippen LogP contribution in [0, 0.1) is 0 Å². The maximum Gasteiger partial charge on any atom is 0.230 e. The number of thioether (sulfide) groups is 1. The van der Waals surface area contributed by atoms with Gasteiger partial charge >= 0.3 is 0 Å². The number of amides is 1. The van der Waals surface area contributed by atoms with Crippen molar-refractivity contribution in [2.24, 2.45) is 0 Å². The molecule has 1 aromatic carbocycles. The third kappa shape index (κ3) is 4.96. The first-order valence-corrected chi connectivity index (χ1v) is 9.40. The van der Waals surface area contributed by atoms with Crippen molar-refractivity contribution in [3.63, 3.8) is 0 Å². The van der Waals surface area contributed by atoms with Gasteiger partial charge in [-0.05, 0) is 24.1 Å². The van der Waals surface area contributed by atoms with Gasteiger partial charge in [-0.3, -0.25) is 4.79 Å². The van der Waals surface area contributed by atoms with Crippen LogP contribution in [-0.4, -0.2) is 28.9 Å². The second-order valence-electron chi connectivity index (χ2n) is 4.49. The van der Waals surface area contributed by atoms with Gasteiger partial charge in [-0.15, -0.1) is 10.2 Å². The highest BCUT2D eigenvalue weighted by molar-refractivity contribution is 9.10. The van der Waals surface area contributed by atoms with E-state index < -0.39 is 0 Å². The number of nitrogens with zero attached hydrogens (tertiary/aromatic N) is 2. The van der Waals surface area contributed by atoms with Crippen molar-refractivity contribution < 1.29 is 4.79 Å². The van der Waals surface area contributed by atoms with E-state index in [-0.39, 0.29) is 11.9 Å². The Balaban J connectivity index is 1.87. The maximum absolute atomic E-state index is 12.1. The number of carbonyl (C=O) groups is 1. The van der Waals surface area contributed by atoms with Crippen LogP contribution in [0.3, 0.4) is 0 Å². The number of benzene rings is 1. The molecule has 0 radical (unpaired) electrons. The Kier molecular flexibility index (Phi) is 6.66. The summed E-state index contributed by atoms with van der Waals surface area (Å²) in [5.74, 6) is 0.340. The van der Waals surface area contributed by atoms with Crippen molar-refractivity contribution in [3.05, 3.63) is 34.3 Å². The van der Waals surface area contributed by atoms with E-state index in [0.717, 1.165) is 25.9 Å². The molecule has 2 rings (SSSR count). The van der Waals surface area contributed by atoms with E-state index in [4.69, 9.17) is 0 Å². The van der Waals surface area contributed by atoms with Crippen molar-refractivity contribution in [3.8, 4) is 0 Å². The van der Waals surface area contributed by atoms with Gasteiger partial charge in [-0.25, -0.2) is 0 Å². The largest absolute Gasteiger partial charge is 0.363 e. The smallest absolute Gasteiger partial charge is 0.230 e. The molecule has 2 aromatic rings. The monoisotopic (exact) mass is 400 g/mol. The molecule has 0 aliphatic carbocycles. The van der Waals surface area contributed by atoms with Gasteiger partial charge in [0.15, 0.2) is 4.34 Å². The summed E-state index contributed by atoms with van der Waals surface area (Å²) < 4.78 is 1.82. The predicted molar refractivity (Wildman–Crippen MR) is 95.5 cm³/mol. The van der Waals surface area contributed by atoms with Crippen LogP contribution in [0.15, 0.2) is 33.1 Å². The normalized spacial score (nSPS) is 12.0. The van der Waals surface area contributed by atoms with Crippen molar-refractivity contribution in [1.82, 2.24) is 15.5 Å². The Bertz CT molecular complexity index is 618. The number of anilines is 1. The predicted octanol–water partition coefficient (Wildman–Crippen LogP) is 3.70. The summed E-state index contributed by atoms with van der Waals surface area (Å²) in [5.41, 5.74) is 1.11. The number of hydrogen-bond acceptors (Lipinski definition) is 6. The zero-order valence-electron chi connectivity index (χ0n) is 12.3. The number of rotatable bonds is 7. The SMILES string of the molecule is CC[C@H](NC(=O)CSc1nnc(NC)s1)c1ccc(Br)cc1. The Morgan fingerprint density at radius 2 is 2.09 bits per heavy atom. The lowest BCUT2D eigenvalue weighted by Crippen LogP contribution is -2.29. The summed E-state index contributed by atoms with van der Waals surface area (Å²) >= 11 is 6.26. The molecule has 0 fully saturated rings. The van der Waals surface area contributed by atoms with Crippen LogP contribution in [0.25, 0.3) is 0 Å². The number of carbonyl (C=O) groups excluding carboxylic acids is 1. The first-order chi connectivity index (χ1) is 10.6. The summed E-state index contributed by atoms with van der Waals surface area (Å²) in [6.45, 7) is 2.06. The van der Waals surface area contributed by atoms with Crippen molar-refractivity contribution >= 4 is 50.1 Å². The number of hydrogen-bond donors (Lipinski definition) is 2. The molecule has 1 heterocycles. The van der Waals surface area contributed by atoms with E-state index in [2.05, 4.69) is 43.7 Å². The van der Waals surface area contributed by atoms with Crippen molar-refractivity contribution in [2.75, 3.05) is 18.1 Å². The number of aromatic nitrogens is 2. The van der Waals surface area contributed by atoms with Gasteiger partial charge in [0.05, 0.1) is 11.8 Å². The third-order valence-corrected chi connectivity index (χ3v) is 5.57. The fourth-order valence-corrected chi connectivity index (χ4v) is 3.63. The molecule has 0 unspecified atom stereocenters. The van der Waals surface area contributed by atoms with Crippen LogP contribution in [0.5, 0.6) is 0 Å². The van der Waals surface area contributed by atoms with E-state index in [1.54, 1.807) is 7.05 Å². The van der Waals surface area contributed by atoms with Gasteiger partial charge < -0.3 is 10.6 Å². The fourth-order valence-electron chi connectivity index (χ4n) is 1.85. The molecule has 0 aliphatic rings. The molecule has 1 aromatic heterocycles. The fraction of sp³-hybridized carbons (Fsp3) is 0.357. The highest BCUT2D eigenvalue weighted by Gasteiger charge is 2.14. The highest BCUT2D eigenvalue weighted by Crippen LogP contribution is 2.25. The van der Waals surface area contributed by atoms with E-state index in [9.17, 15) is 4.79 Å². The number of halogens is 1. The molecule has 1 amide bonds. The van der Waals surface area contributed by atoms with E-state index >= 15 is 0 Å². The molecule has 0 saturated heterocycles. The van der Waals surface area contributed by atoms with Gasteiger partial charge in [-0.1, -0.05) is 58.1 Å². The molecule has 0 saturated carbocycles. The standard InChI is InChI=1S/C14H17BrN4OS2/c1-3-11(9-4-6-10(15)7-5-9)17-12(20)8-21-14-19-18-13(16-2)22-14/h4-7,11H,3,8H2,1-2H3,(H,16,18)(H,17,20)/t11-/m0/s1. The molecule has 0 bridgehead atoms. The lowest BCUT2D eigenvalue weighted by Gasteiger charge is -2.17. The molecule has 118 valence electrons. The van der Waals surface area contributed by atoms with E-state index in [1.165, 1.54) is 23.1 Å². The minimum Gasteiger partial charge on any atom is -0.363 e. The molecule has 22 heavy (non-hydrogen) atoms. The Morgan fingerprint density at radius 3 is 2.68 bits per heavy atom. The van der Waals surface area contributed by atoms with Crippen molar-refractivity contribution in [2.45, 2.75) is 23.7 Å². The van der Waals surface area contributed by atoms with Crippen LogP contribution in [0.4, 0.5) is 5.13 Å². The number of nitrogens with one attached hydrogen (secondary N) is 2. The van der Waals surface area contributed by atoms with Gasteiger partial charge in [0.2, 0.25) is 11.0 Å². The zero-order valence-corrected chi connectivity index (χ0v) is 15.5. The third-order valence-electron chi connectivity index (χ3n) is 2.96. The molecule has 0 spiro atoms. The molecular weight excluding hydrogens is 384 g/mol. The van der Waals surface area contributed by atoms with Crippen LogP contribution >= 0.6 is 39.0 Å². The molecule has 2 N–H and O–H groups in total. The summed E-state index contributed by atoms with van der Waals surface area (Å²) in [6.07, 6.45) is 0.848. The second-order valence-corrected chi connectivity index (χ2v) is 7.61. The van der Waals surface area contributed by atoms with Crippen LogP contribution in [0.1, 0.15) is 24.9 Å². The topological polar surface area (TPSA) is 66.9 Å². The van der Waals surface area contributed by atoms with E-state index in [1.807, 2.05) is 24.3 Å². The van der Waals surface area contributed by atoms with Gasteiger partial charge in [-0.2, -0.15) is 0 Å². The zero-order chi connectivity index (χ0) is 15.9. The average Bonchev–Trinajstić information content (AvgIpc) is 2.99. The lowest BCUT2D eigenvalue weighted by atomic mass is 10.0. The molecule has 8 heteroatoms. The quantitative estimate of drug-likeness (QED) is 0.693. The second kappa shape index (κ2) is 8.50. The summed E-state index contributed by atoms with van der Waals surface area (Å²) in [7, 11) is 1.80. The lowest BCUT2D eigenvalue weighted by molar-refractivity contribution is -0.119. The summed E-state index contributed by atoms with van der Waals surface area (Å²) in [6, 6.07) is 8.05. The van der Waals surface area contributed by atoms with E-state index in [0.29, 0.717) is 5.75 Å². The Hall–Kier alpha value is -1.12. The molecular formula is C14H17BrN4OS2. The van der Waals surface area contributed by atoms with Crippen LogP contribution < -0.4 is 10.6 Å². The van der Waals surface area contributed by atoms with Gasteiger partial charge in [0.25, 0.3) is 0 Å². The molecule has 0 aliphatic heterocycles. The van der Waals surface area contributed by atoms with Gasteiger partial charge in [0, 0.05) is 11.5 Å². The van der Waals surface area contributed by atoms with Crippen molar-refractivity contribution in [1.29, 1.82) is 0 Å². The first kappa shape index (κ1) is 17.2. The summed E-state index contributed by atoms with van der Waals surface area (Å²) in [4.78, 5) is 12.1. The highest BCUT2D eigenvalue weighted by atomic mass is 79.9. The van der Waals surface area contributed by atoms with Crippen LogP contribution in [0.2, 0.25) is 0 Å². The average molecular weight is 401 g/mol. The Morgan fingerprint density at radius 1 is 1.36 bits per heavy atom. The molecule has 1 atom stereocenters.